The van der Waals surface area contributed by atoms with Gasteiger partial charge in [0.15, 0.2) is 0 Å². The SMILES string of the molecule is COC1CC(C(=O)O)N(C(=O)c2ccc(F)cn2)C1. The number of carbonyl (C=O) groups excluding carboxylic acids is 1. The molecule has 7 heteroatoms. The summed E-state index contributed by atoms with van der Waals surface area (Å²) in [6.07, 6.45) is 0.844. The largest absolute Gasteiger partial charge is 0.480 e. The number of pyridine rings is 1. The second kappa shape index (κ2) is 5.31. The van der Waals surface area contributed by atoms with Crippen LogP contribution in [0.2, 0.25) is 0 Å². The van der Waals surface area contributed by atoms with E-state index in [0.29, 0.717) is 0 Å². The van der Waals surface area contributed by atoms with Crippen LogP contribution in [0.3, 0.4) is 0 Å². The minimum Gasteiger partial charge on any atom is -0.480 e. The van der Waals surface area contributed by atoms with E-state index in [2.05, 4.69) is 4.98 Å². The molecule has 1 fully saturated rings. The third kappa shape index (κ3) is 2.70. The summed E-state index contributed by atoms with van der Waals surface area (Å²) in [5, 5.41) is 9.11. The average Bonchev–Trinajstić information content (AvgIpc) is 2.83. The Morgan fingerprint density at radius 2 is 2.26 bits per heavy atom. The lowest BCUT2D eigenvalue weighted by molar-refractivity contribution is -0.141. The number of hydrogen-bond acceptors (Lipinski definition) is 4. The van der Waals surface area contributed by atoms with Crippen molar-refractivity contribution in [2.75, 3.05) is 13.7 Å². The molecule has 2 unspecified atom stereocenters. The number of hydrogen-bond donors (Lipinski definition) is 1. The number of likely N-dealkylation sites (tertiary alicyclic amines) is 1. The number of aliphatic carboxylic acids is 1. The first-order valence-electron chi connectivity index (χ1n) is 5.71. The van der Waals surface area contributed by atoms with Crippen LogP contribution in [0.1, 0.15) is 16.9 Å². The zero-order chi connectivity index (χ0) is 14.0. The molecule has 1 aliphatic rings. The van der Waals surface area contributed by atoms with Gasteiger partial charge in [-0.05, 0) is 12.1 Å². The van der Waals surface area contributed by atoms with E-state index < -0.39 is 23.7 Å². The maximum atomic E-state index is 12.7. The first-order valence-corrected chi connectivity index (χ1v) is 5.71. The van der Waals surface area contributed by atoms with Crippen molar-refractivity contribution < 1.29 is 23.8 Å². The highest BCUT2D eigenvalue weighted by Crippen LogP contribution is 2.22. The van der Waals surface area contributed by atoms with Crippen LogP contribution in [-0.2, 0) is 9.53 Å². The highest BCUT2D eigenvalue weighted by Gasteiger charge is 2.40. The second-order valence-corrected chi connectivity index (χ2v) is 4.27. The molecular formula is C12H13FN2O4. The van der Waals surface area contributed by atoms with Gasteiger partial charge in [0, 0.05) is 20.1 Å². The van der Waals surface area contributed by atoms with Gasteiger partial charge in [0.1, 0.15) is 17.6 Å². The predicted molar refractivity (Wildman–Crippen MR) is 62.1 cm³/mol. The Morgan fingerprint density at radius 1 is 1.53 bits per heavy atom. The number of carboxylic acids is 1. The van der Waals surface area contributed by atoms with E-state index in [4.69, 9.17) is 9.84 Å². The number of aromatic nitrogens is 1. The lowest BCUT2D eigenvalue weighted by Gasteiger charge is -2.20. The number of carbonyl (C=O) groups is 2. The molecule has 1 aromatic rings. The van der Waals surface area contributed by atoms with Gasteiger partial charge in [-0.25, -0.2) is 14.2 Å². The zero-order valence-corrected chi connectivity index (χ0v) is 10.2. The van der Waals surface area contributed by atoms with E-state index in [1.54, 1.807) is 0 Å². The van der Waals surface area contributed by atoms with E-state index in [-0.39, 0.29) is 24.8 Å². The number of rotatable bonds is 3. The Kier molecular flexibility index (Phi) is 3.75. The normalized spacial score (nSPS) is 22.5. The lowest BCUT2D eigenvalue weighted by Crippen LogP contribution is -2.40. The molecule has 0 spiro atoms. The van der Waals surface area contributed by atoms with E-state index in [0.717, 1.165) is 12.3 Å². The van der Waals surface area contributed by atoms with E-state index in [9.17, 15) is 14.0 Å². The van der Waals surface area contributed by atoms with Crippen molar-refractivity contribution in [3.63, 3.8) is 0 Å². The highest BCUT2D eigenvalue weighted by molar-refractivity contribution is 5.95. The standard InChI is InChI=1S/C12H13FN2O4/c1-19-8-4-10(12(17)18)15(6-8)11(16)9-3-2-7(13)5-14-9/h2-3,5,8,10H,4,6H2,1H3,(H,17,18). The van der Waals surface area contributed by atoms with Crippen LogP contribution in [0.15, 0.2) is 18.3 Å². The summed E-state index contributed by atoms with van der Waals surface area (Å²) in [5.41, 5.74) is 0.0180. The minimum atomic E-state index is -1.09. The monoisotopic (exact) mass is 268 g/mol. The molecule has 0 aliphatic carbocycles. The molecule has 2 rings (SSSR count). The summed E-state index contributed by atoms with van der Waals surface area (Å²) in [5.74, 6) is -2.18. The van der Waals surface area contributed by atoms with Crippen LogP contribution in [0.4, 0.5) is 4.39 Å². The number of ether oxygens (including phenoxy) is 1. The number of nitrogens with zero attached hydrogens (tertiary/aromatic N) is 2. The van der Waals surface area contributed by atoms with E-state index in [1.165, 1.54) is 18.1 Å². The van der Waals surface area contributed by atoms with Crippen molar-refractivity contribution in [2.24, 2.45) is 0 Å². The molecule has 0 saturated carbocycles. The van der Waals surface area contributed by atoms with Gasteiger partial charge in [0.05, 0.1) is 12.3 Å². The average molecular weight is 268 g/mol. The summed E-state index contributed by atoms with van der Waals surface area (Å²) >= 11 is 0. The molecule has 2 heterocycles. The van der Waals surface area contributed by atoms with Crippen LogP contribution in [0.25, 0.3) is 0 Å². The lowest BCUT2D eigenvalue weighted by atomic mass is 10.2. The Hall–Kier alpha value is -2.02. The predicted octanol–water partition coefficient (Wildman–Crippen LogP) is 0.535. The van der Waals surface area contributed by atoms with Crippen molar-refractivity contribution in [2.45, 2.75) is 18.6 Å². The van der Waals surface area contributed by atoms with Crippen molar-refractivity contribution in [3.05, 3.63) is 29.8 Å². The van der Waals surface area contributed by atoms with Crippen LogP contribution >= 0.6 is 0 Å². The Labute approximate surface area is 108 Å². The number of carboxylic acid groups (broad SMARTS) is 1. The molecule has 2 atom stereocenters. The van der Waals surface area contributed by atoms with Gasteiger partial charge in [-0.15, -0.1) is 0 Å². The van der Waals surface area contributed by atoms with E-state index in [1.807, 2.05) is 0 Å². The molecule has 102 valence electrons. The molecule has 0 radical (unpaired) electrons. The van der Waals surface area contributed by atoms with Crippen LogP contribution in [0, 0.1) is 5.82 Å². The van der Waals surface area contributed by atoms with Gasteiger partial charge < -0.3 is 14.7 Å². The molecule has 1 aliphatic heterocycles. The molecular weight excluding hydrogens is 255 g/mol. The van der Waals surface area contributed by atoms with Crippen molar-refractivity contribution in [1.29, 1.82) is 0 Å². The summed E-state index contributed by atoms with van der Waals surface area (Å²) in [7, 11) is 1.47. The van der Waals surface area contributed by atoms with Crippen LogP contribution in [-0.4, -0.2) is 52.7 Å². The number of amides is 1. The summed E-state index contributed by atoms with van der Waals surface area (Å²) in [6.45, 7) is 0.186. The summed E-state index contributed by atoms with van der Waals surface area (Å²) in [4.78, 5) is 28.1. The smallest absolute Gasteiger partial charge is 0.326 e. The first kappa shape index (κ1) is 13.4. The molecule has 0 aromatic carbocycles. The fourth-order valence-corrected chi connectivity index (χ4v) is 2.08. The van der Waals surface area contributed by atoms with Gasteiger partial charge in [0.2, 0.25) is 0 Å². The van der Waals surface area contributed by atoms with Gasteiger partial charge in [-0.2, -0.15) is 0 Å². The zero-order valence-electron chi connectivity index (χ0n) is 10.2. The summed E-state index contributed by atoms with van der Waals surface area (Å²) < 4.78 is 17.8. The number of halogens is 1. The van der Waals surface area contributed by atoms with E-state index >= 15 is 0 Å². The molecule has 6 nitrogen and oxygen atoms in total. The topological polar surface area (TPSA) is 79.7 Å². The van der Waals surface area contributed by atoms with Gasteiger partial charge in [-0.1, -0.05) is 0 Å². The first-order chi connectivity index (χ1) is 9.02. The third-order valence-electron chi connectivity index (χ3n) is 3.09. The molecule has 1 aromatic heterocycles. The fourth-order valence-electron chi connectivity index (χ4n) is 2.08. The molecule has 1 saturated heterocycles. The molecule has 19 heavy (non-hydrogen) atoms. The van der Waals surface area contributed by atoms with Gasteiger partial charge >= 0.3 is 5.97 Å². The molecule has 1 N–H and O–H groups in total. The highest BCUT2D eigenvalue weighted by atomic mass is 19.1. The fraction of sp³-hybridized carbons (Fsp3) is 0.417. The Balaban J connectivity index is 2.21. The summed E-state index contributed by atoms with van der Waals surface area (Å²) in [6, 6.07) is 1.40. The van der Waals surface area contributed by atoms with Crippen molar-refractivity contribution >= 4 is 11.9 Å². The van der Waals surface area contributed by atoms with Gasteiger partial charge in [-0.3, -0.25) is 4.79 Å². The molecule has 1 amide bonds. The van der Waals surface area contributed by atoms with Gasteiger partial charge in [0.25, 0.3) is 5.91 Å². The van der Waals surface area contributed by atoms with Crippen LogP contribution < -0.4 is 0 Å². The van der Waals surface area contributed by atoms with Crippen LogP contribution in [0.5, 0.6) is 0 Å². The van der Waals surface area contributed by atoms with Crippen molar-refractivity contribution in [3.8, 4) is 0 Å². The minimum absolute atomic E-state index is 0.0180. The maximum Gasteiger partial charge on any atom is 0.326 e. The number of methoxy groups -OCH3 is 1. The second-order valence-electron chi connectivity index (χ2n) is 4.27. The third-order valence-corrected chi connectivity index (χ3v) is 3.09. The molecule has 0 bridgehead atoms. The quantitative estimate of drug-likeness (QED) is 0.865. The maximum absolute atomic E-state index is 12.7. The Morgan fingerprint density at radius 3 is 2.79 bits per heavy atom. The van der Waals surface area contributed by atoms with Crippen molar-refractivity contribution in [1.82, 2.24) is 9.88 Å². The Bertz CT molecular complexity index is 491.